The van der Waals surface area contributed by atoms with Gasteiger partial charge in [0, 0.05) is 17.5 Å². The molecule has 1 aliphatic heterocycles. The van der Waals surface area contributed by atoms with Crippen molar-refractivity contribution in [2.24, 2.45) is 5.41 Å². The number of nitrogens with one attached hydrogen (secondary N) is 2. The van der Waals surface area contributed by atoms with Gasteiger partial charge in [-0.3, -0.25) is 0 Å². The Hall–Kier alpha value is -0.140. The Morgan fingerprint density at radius 2 is 2.24 bits per heavy atom. The van der Waals surface area contributed by atoms with Gasteiger partial charge in [0.1, 0.15) is 0 Å². The van der Waals surface area contributed by atoms with E-state index in [1.807, 2.05) is 17.5 Å². The number of halogens is 1. The lowest BCUT2D eigenvalue weighted by atomic mass is 9.78. The Morgan fingerprint density at radius 3 is 2.86 bits per heavy atom. The van der Waals surface area contributed by atoms with Crippen molar-refractivity contribution in [2.75, 3.05) is 18.8 Å². The van der Waals surface area contributed by atoms with Crippen LogP contribution < -0.4 is 10.0 Å². The van der Waals surface area contributed by atoms with Crippen molar-refractivity contribution in [1.29, 1.82) is 0 Å². The summed E-state index contributed by atoms with van der Waals surface area (Å²) in [5.41, 5.74) is 0.147. The minimum Gasteiger partial charge on any atom is -0.312 e. The molecule has 122 valence electrons. The predicted octanol–water partition coefficient (Wildman–Crippen LogP) is 2.41. The Morgan fingerprint density at radius 1 is 1.48 bits per heavy atom. The molecular formula is C14H25ClN2O2S2. The Kier molecular flexibility index (Phi) is 7.13. The van der Waals surface area contributed by atoms with Crippen LogP contribution in [0.3, 0.4) is 0 Å². The van der Waals surface area contributed by atoms with Crippen LogP contribution in [-0.2, 0) is 16.4 Å². The van der Waals surface area contributed by atoms with Crippen molar-refractivity contribution in [3.63, 3.8) is 0 Å². The number of sulfonamides is 1. The third-order valence-electron chi connectivity index (χ3n) is 4.04. The number of hydrogen-bond acceptors (Lipinski definition) is 4. The van der Waals surface area contributed by atoms with E-state index in [0.717, 1.165) is 24.3 Å². The lowest BCUT2D eigenvalue weighted by Crippen LogP contribution is -2.53. The number of thiophene rings is 1. The smallest absolute Gasteiger partial charge is 0.212 e. The molecule has 2 N–H and O–H groups in total. The van der Waals surface area contributed by atoms with Crippen LogP contribution >= 0.6 is 23.7 Å². The van der Waals surface area contributed by atoms with Gasteiger partial charge in [-0.15, -0.1) is 23.7 Å². The van der Waals surface area contributed by atoms with Crippen LogP contribution in [0.25, 0.3) is 0 Å². The zero-order valence-electron chi connectivity index (χ0n) is 12.6. The first-order valence-electron chi connectivity index (χ1n) is 7.12. The second kappa shape index (κ2) is 7.92. The molecule has 1 aromatic heterocycles. The molecular weight excluding hydrogens is 328 g/mol. The maximum Gasteiger partial charge on any atom is 0.212 e. The highest BCUT2D eigenvalue weighted by molar-refractivity contribution is 7.89. The highest BCUT2D eigenvalue weighted by Crippen LogP contribution is 2.29. The summed E-state index contributed by atoms with van der Waals surface area (Å²) in [4.78, 5) is 1.12. The van der Waals surface area contributed by atoms with Crippen LogP contribution in [0.1, 0.15) is 31.6 Å². The largest absolute Gasteiger partial charge is 0.312 e. The maximum atomic E-state index is 12.0. The SMILES string of the molecule is CC1(C)CCCNC1CNS(=O)(=O)CCc1cccs1.Cl. The first kappa shape index (κ1) is 18.9. The monoisotopic (exact) mass is 352 g/mol. The van der Waals surface area contributed by atoms with Gasteiger partial charge in [-0.2, -0.15) is 0 Å². The molecule has 0 spiro atoms. The Balaban J connectivity index is 0.00000220. The molecule has 1 aliphatic rings. The second-order valence-electron chi connectivity index (χ2n) is 6.10. The van der Waals surface area contributed by atoms with Crippen molar-refractivity contribution in [2.45, 2.75) is 39.2 Å². The zero-order valence-corrected chi connectivity index (χ0v) is 15.0. The van der Waals surface area contributed by atoms with Gasteiger partial charge in [0.25, 0.3) is 0 Å². The molecule has 1 aromatic rings. The van der Waals surface area contributed by atoms with E-state index in [2.05, 4.69) is 23.9 Å². The van der Waals surface area contributed by atoms with E-state index in [-0.39, 0.29) is 29.6 Å². The zero-order chi connectivity index (χ0) is 14.6. The normalized spacial score (nSPS) is 21.7. The lowest BCUT2D eigenvalue weighted by Gasteiger charge is -2.39. The summed E-state index contributed by atoms with van der Waals surface area (Å²) in [5.74, 6) is 0.167. The quantitative estimate of drug-likeness (QED) is 0.826. The van der Waals surface area contributed by atoms with Gasteiger partial charge in [-0.25, -0.2) is 13.1 Å². The van der Waals surface area contributed by atoms with Gasteiger partial charge < -0.3 is 5.32 Å². The molecule has 2 heterocycles. The number of aryl methyl sites for hydroxylation is 1. The molecule has 1 unspecified atom stereocenters. The summed E-state index contributed by atoms with van der Waals surface area (Å²) in [6.45, 7) is 5.86. The fraction of sp³-hybridized carbons (Fsp3) is 0.714. The molecule has 0 bridgehead atoms. The predicted molar refractivity (Wildman–Crippen MR) is 91.9 cm³/mol. The molecule has 0 saturated carbocycles. The van der Waals surface area contributed by atoms with Crippen LogP contribution in [0.5, 0.6) is 0 Å². The second-order valence-corrected chi connectivity index (χ2v) is 9.05. The van der Waals surface area contributed by atoms with Crippen molar-refractivity contribution >= 4 is 33.8 Å². The molecule has 1 saturated heterocycles. The van der Waals surface area contributed by atoms with Gasteiger partial charge in [0.15, 0.2) is 0 Å². The van der Waals surface area contributed by atoms with Crippen molar-refractivity contribution in [3.05, 3.63) is 22.4 Å². The van der Waals surface area contributed by atoms with Crippen LogP contribution in [-0.4, -0.2) is 33.3 Å². The molecule has 4 nitrogen and oxygen atoms in total. The standard InChI is InChI=1S/C14H24N2O2S2.ClH/c1-14(2)7-4-8-15-13(14)11-16-20(17,18)10-6-12-5-3-9-19-12;/h3,5,9,13,15-16H,4,6-8,10-11H2,1-2H3;1H. The summed E-state index contributed by atoms with van der Waals surface area (Å²) < 4.78 is 26.9. The van der Waals surface area contributed by atoms with Gasteiger partial charge in [-0.05, 0) is 42.7 Å². The summed E-state index contributed by atoms with van der Waals surface area (Å²) in [7, 11) is -3.19. The molecule has 0 aliphatic carbocycles. The van der Waals surface area contributed by atoms with Gasteiger partial charge in [-0.1, -0.05) is 19.9 Å². The molecule has 2 rings (SSSR count). The fourth-order valence-electron chi connectivity index (χ4n) is 2.59. The van der Waals surface area contributed by atoms with E-state index in [1.165, 1.54) is 0 Å². The van der Waals surface area contributed by atoms with E-state index < -0.39 is 10.0 Å². The van der Waals surface area contributed by atoms with E-state index in [4.69, 9.17) is 0 Å². The first-order valence-corrected chi connectivity index (χ1v) is 9.65. The Bertz CT molecular complexity index is 515. The van der Waals surface area contributed by atoms with Gasteiger partial charge in [0.2, 0.25) is 10.0 Å². The van der Waals surface area contributed by atoms with Crippen LogP contribution in [0.2, 0.25) is 0 Å². The highest BCUT2D eigenvalue weighted by atomic mass is 35.5. The summed E-state index contributed by atoms with van der Waals surface area (Å²) in [6.07, 6.45) is 2.89. The lowest BCUT2D eigenvalue weighted by molar-refractivity contribution is 0.181. The number of rotatable bonds is 6. The topological polar surface area (TPSA) is 58.2 Å². The van der Waals surface area contributed by atoms with E-state index in [0.29, 0.717) is 13.0 Å². The van der Waals surface area contributed by atoms with Gasteiger partial charge in [0.05, 0.1) is 5.75 Å². The summed E-state index contributed by atoms with van der Waals surface area (Å²) in [6, 6.07) is 4.15. The average Bonchev–Trinajstić information content (AvgIpc) is 2.88. The van der Waals surface area contributed by atoms with Gasteiger partial charge >= 0.3 is 0 Å². The first-order chi connectivity index (χ1) is 9.39. The van der Waals surface area contributed by atoms with Crippen LogP contribution in [0, 0.1) is 5.41 Å². The van der Waals surface area contributed by atoms with Crippen molar-refractivity contribution < 1.29 is 8.42 Å². The van der Waals surface area contributed by atoms with Crippen LogP contribution in [0.15, 0.2) is 17.5 Å². The molecule has 7 heteroatoms. The molecule has 1 atom stereocenters. The van der Waals surface area contributed by atoms with E-state index >= 15 is 0 Å². The van der Waals surface area contributed by atoms with Crippen molar-refractivity contribution in [3.8, 4) is 0 Å². The Labute approximate surface area is 138 Å². The van der Waals surface area contributed by atoms with Crippen molar-refractivity contribution in [1.82, 2.24) is 10.0 Å². The summed E-state index contributed by atoms with van der Waals surface area (Å²) >= 11 is 1.60. The number of hydrogen-bond donors (Lipinski definition) is 2. The molecule has 0 amide bonds. The molecule has 1 fully saturated rings. The van der Waals surface area contributed by atoms with E-state index in [1.54, 1.807) is 11.3 Å². The third kappa shape index (κ3) is 5.87. The third-order valence-corrected chi connectivity index (χ3v) is 6.32. The minimum absolute atomic E-state index is 0. The van der Waals surface area contributed by atoms with Crippen LogP contribution in [0.4, 0.5) is 0 Å². The average molecular weight is 353 g/mol. The molecule has 21 heavy (non-hydrogen) atoms. The van der Waals surface area contributed by atoms with E-state index in [9.17, 15) is 8.42 Å². The fourth-order valence-corrected chi connectivity index (χ4v) is 4.48. The minimum atomic E-state index is -3.19. The molecule has 0 aromatic carbocycles. The number of piperidine rings is 1. The summed E-state index contributed by atoms with van der Waals surface area (Å²) in [5, 5.41) is 5.40. The maximum absolute atomic E-state index is 12.0. The molecule has 0 radical (unpaired) electrons. The highest BCUT2D eigenvalue weighted by Gasteiger charge is 2.32.